The van der Waals surface area contributed by atoms with Crippen molar-refractivity contribution in [2.24, 2.45) is 7.05 Å². The van der Waals surface area contributed by atoms with E-state index in [2.05, 4.69) is 35.0 Å². The quantitative estimate of drug-likeness (QED) is 0.912. The fourth-order valence-corrected chi connectivity index (χ4v) is 2.83. The molecule has 1 heterocycles. The van der Waals surface area contributed by atoms with Gasteiger partial charge in [-0.25, -0.2) is 0 Å². The van der Waals surface area contributed by atoms with Crippen molar-refractivity contribution in [3.05, 3.63) is 58.4 Å². The van der Waals surface area contributed by atoms with Crippen LogP contribution in [-0.2, 0) is 26.4 Å². The van der Waals surface area contributed by atoms with Crippen molar-refractivity contribution in [2.45, 2.75) is 32.7 Å². The molecule has 2 aromatic rings. The van der Waals surface area contributed by atoms with Crippen LogP contribution in [0.5, 0.6) is 0 Å². The summed E-state index contributed by atoms with van der Waals surface area (Å²) in [4.78, 5) is 12.2. The molecule has 0 bridgehead atoms. The fourth-order valence-electron chi connectivity index (χ4n) is 2.83. The molecule has 1 N–H and O–H groups in total. The number of nitrogens with zero attached hydrogens (tertiary/aromatic N) is 1. The summed E-state index contributed by atoms with van der Waals surface area (Å²) in [6, 6.07) is 10.2. The molecule has 1 aliphatic rings. The van der Waals surface area contributed by atoms with E-state index >= 15 is 0 Å². The Balaban J connectivity index is 1.69. The van der Waals surface area contributed by atoms with Gasteiger partial charge in [0.05, 0.1) is 6.54 Å². The van der Waals surface area contributed by atoms with E-state index in [1.54, 1.807) is 0 Å². The van der Waals surface area contributed by atoms with Crippen molar-refractivity contribution in [3.8, 4) is 0 Å². The van der Waals surface area contributed by atoms with Gasteiger partial charge in [0.25, 0.3) is 5.91 Å². The van der Waals surface area contributed by atoms with Crippen LogP contribution < -0.4 is 5.32 Å². The molecule has 0 spiro atoms. The zero-order chi connectivity index (χ0) is 14.1. The highest BCUT2D eigenvalue weighted by atomic mass is 16.1. The highest BCUT2D eigenvalue weighted by Crippen LogP contribution is 2.22. The zero-order valence-electron chi connectivity index (χ0n) is 12.1. The summed E-state index contributed by atoms with van der Waals surface area (Å²) in [7, 11) is 2.02. The Morgan fingerprint density at radius 1 is 1.20 bits per heavy atom. The lowest BCUT2D eigenvalue weighted by atomic mass is 10.1. The second kappa shape index (κ2) is 5.16. The molecule has 0 radical (unpaired) electrons. The minimum absolute atomic E-state index is 0.0125. The van der Waals surface area contributed by atoms with Crippen molar-refractivity contribution >= 4 is 5.91 Å². The Labute approximate surface area is 119 Å². The van der Waals surface area contributed by atoms with Crippen molar-refractivity contribution in [1.82, 2.24) is 9.88 Å². The van der Waals surface area contributed by atoms with E-state index in [1.807, 2.05) is 19.2 Å². The highest BCUT2D eigenvalue weighted by Gasteiger charge is 2.14. The standard InChI is InChI=1S/C17H20N2O/c1-12-6-9-16(19(12)2)11-18-17(20)15-8-7-13-4-3-5-14(13)10-15/h6-10H,3-5,11H2,1-2H3,(H,18,20). The number of hydrogen-bond acceptors (Lipinski definition) is 1. The number of hydrogen-bond donors (Lipinski definition) is 1. The third-order valence-corrected chi connectivity index (χ3v) is 4.27. The summed E-state index contributed by atoms with van der Waals surface area (Å²) in [5.41, 5.74) is 5.84. The molecule has 1 aromatic heterocycles. The Bertz CT molecular complexity index is 655. The van der Waals surface area contributed by atoms with Crippen LogP contribution in [0.1, 0.15) is 39.3 Å². The molecule has 104 valence electrons. The Morgan fingerprint density at radius 3 is 2.75 bits per heavy atom. The van der Waals surface area contributed by atoms with Crippen LogP contribution in [0.2, 0.25) is 0 Å². The van der Waals surface area contributed by atoms with Gasteiger partial charge < -0.3 is 9.88 Å². The average molecular weight is 268 g/mol. The normalized spacial score (nSPS) is 13.3. The Kier molecular flexibility index (Phi) is 3.35. The van der Waals surface area contributed by atoms with E-state index < -0.39 is 0 Å². The van der Waals surface area contributed by atoms with Gasteiger partial charge in [-0.2, -0.15) is 0 Å². The van der Waals surface area contributed by atoms with Crippen LogP contribution in [0.4, 0.5) is 0 Å². The monoisotopic (exact) mass is 268 g/mol. The van der Waals surface area contributed by atoms with E-state index in [9.17, 15) is 4.79 Å². The first kappa shape index (κ1) is 13.0. The average Bonchev–Trinajstić information content (AvgIpc) is 3.04. The zero-order valence-corrected chi connectivity index (χ0v) is 12.1. The molecule has 1 aromatic carbocycles. The number of nitrogens with one attached hydrogen (secondary N) is 1. The fraction of sp³-hybridized carbons (Fsp3) is 0.353. The van der Waals surface area contributed by atoms with Crippen LogP contribution in [0.3, 0.4) is 0 Å². The smallest absolute Gasteiger partial charge is 0.251 e. The van der Waals surface area contributed by atoms with Gasteiger partial charge in [0.2, 0.25) is 0 Å². The lowest BCUT2D eigenvalue weighted by molar-refractivity contribution is 0.0950. The van der Waals surface area contributed by atoms with Crippen LogP contribution in [0, 0.1) is 6.92 Å². The molecule has 1 amide bonds. The maximum atomic E-state index is 12.2. The number of amides is 1. The Hall–Kier alpha value is -2.03. The van der Waals surface area contributed by atoms with Crippen molar-refractivity contribution in [1.29, 1.82) is 0 Å². The van der Waals surface area contributed by atoms with Crippen LogP contribution in [0.15, 0.2) is 30.3 Å². The molecule has 0 fully saturated rings. The summed E-state index contributed by atoms with van der Waals surface area (Å²) in [6.45, 7) is 2.63. The van der Waals surface area contributed by atoms with Gasteiger partial charge in [0.15, 0.2) is 0 Å². The minimum Gasteiger partial charge on any atom is -0.350 e. The molecule has 0 aliphatic heterocycles. The first-order valence-corrected chi connectivity index (χ1v) is 7.16. The molecule has 3 rings (SSSR count). The molecular formula is C17H20N2O. The molecule has 0 atom stereocenters. The third kappa shape index (κ3) is 2.36. The number of carbonyl (C=O) groups excluding carboxylic acids is 1. The first-order valence-electron chi connectivity index (χ1n) is 7.16. The van der Waals surface area contributed by atoms with E-state index in [1.165, 1.54) is 23.2 Å². The first-order chi connectivity index (χ1) is 9.65. The number of rotatable bonds is 3. The molecule has 1 aliphatic carbocycles. The van der Waals surface area contributed by atoms with Gasteiger partial charge in [0, 0.05) is 24.0 Å². The van der Waals surface area contributed by atoms with Crippen LogP contribution in [-0.4, -0.2) is 10.5 Å². The number of benzene rings is 1. The predicted molar refractivity (Wildman–Crippen MR) is 79.8 cm³/mol. The summed E-state index contributed by atoms with van der Waals surface area (Å²) in [5.74, 6) is 0.0125. The molecule has 3 heteroatoms. The lowest BCUT2D eigenvalue weighted by Gasteiger charge is -2.08. The van der Waals surface area contributed by atoms with Gasteiger partial charge >= 0.3 is 0 Å². The number of carbonyl (C=O) groups is 1. The topological polar surface area (TPSA) is 34.0 Å². The maximum Gasteiger partial charge on any atom is 0.251 e. The number of aromatic nitrogens is 1. The van der Waals surface area contributed by atoms with E-state index in [0.29, 0.717) is 6.54 Å². The SMILES string of the molecule is Cc1ccc(CNC(=O)c2ccc3c(c2)CCC3)n1C. The van der Waals surface area contributed by atoms with E-state index in [4.69, 9.17) is 0 Å². The van der Waals surface area contributed by atoms with Gasteiger partial charge in [-0.1, -0.05) is 6.07 Å². The largest absolute Gasteiger partial charge is 0.350 e. The van der Waals surface area contributed by atoms with Gasteiger partial charge in [-0.05, 0) is 61.6 Å². The van der Waals surface area contributed by atoms with Crippen molar-refractivity contribution in [2.75, 3.05) is 0 Å². The predicted octanol–water partition coefficient (Wildman–Crippen LogP) is 2.75. The molecule has 0 saturated carbocycles. The van der Waals surface area contributed by atoms with Crippen LogP contribution >= 0.6 is 0 Å². The lowest BCUT2D eigenvalue weighted by Crippen LogP contribution is -2.24. The summed E-state index contributed by atoms with van der Waals surface area (Å²) < 4.78 is 2.10. The molecule has 20 heavy (non-hydrogen) atoms. The summed E-state index contributed by atoms with van der Waals surface area (Å²) in [5, 5.41) is 3.00. The molecular weight excluding hydrogens is 248 g/mol. The molecule has 3 nitrogen and oxygen atoms in total. The highest BCUT2D eigenvalue weighted by molar-refractivity contribution is 5.94. The van der Waals surface area contributed by atoms with Crippen molar-refractivity contribution in [3.63, 3.8) is 0 Å². The van der Waals surface area contributed by atoms with Gasteiger partial charge in [-0.3, -0.25) is 4.79 Å². The molecule has 0 unspecified atom stereocenters. The van der Waals surface area contributed by atoms with E-state index in [0.717, 1.165) is 24.1 Å². The summed E-state index contributed by atoms with van der Waals surface area (Å²) >= 11 is 0. The maximum absolute atomic E-state index is 12.2. The van der Waals surface area contributed by atoms with Gasteiger partial charge in [0.1, 0.15) is 0 Å². The summed E-state index contributed by atoms with van der Waals surface area (Å²) in [6.07, 6.45) is 3.47. The van der Waals surface area contributed by atoms with Crippen molar-refractivity contribution < 1.29 is 4.79 Å². The minimum atomic E-state index is 0.0125. The Morgan fingerprint density at radius 2 is 2.00 bits per heavy atom. The second-order valence-corrected chi connectivity index (χ2v) is 5.54. The second-order valence-electron chi connectivity index (χ2n) is 5.54. The third-order valence-electron chi connectivity index (χ3n) is 4.27. The number of aryl methyl sites for hydroxylation is 3. The van der Waals surface area contributed by atoms with Gasteiger partial charge in [-0.15, -0.1) is 0 Å². The van der Waals surface area contributed by atoms with Crippen LogP contribution in [0.25, 0.3) is 0 Å². The van der Waals surface area contributed by atoms with E-state index in [-0.39, 0.29) is 5.91 Å². The number of fused-ring (bicyclic) bond motifs is 1. The molecule has 0 saturated heterocycles.